The van der Waals surface area contributed by atoms with Crippen LogP contribution in [0.5, 0.6) is 5.75 Å². The third-order valence-corrected chi connectivity index (χ3v) is 6.77. The quantitative estimate of drug-likeness (QED) is 0.543. The second kappa shape index (κ2) is 9.58. The Hall–Kier alpha value is -3.23. The topological polar surface area (TPSA) is 99.1 Å². The number of fused-ring (bicyclic) bond motifs is 1. The summed E-state index contributed by atoms with van der Waals surface area (Å²) >= 11 is 0. The van der Waals surface area contributed by atoms with Crippen molar-refractivity contribution in [3.63, 3.8) is 0 Å². The van der Waals surface area contributed by atoms with Gasteiger partial charge in [-0.15, -0.1) is 0 Å². The predicted molar refractivity (Wildman–Crippen MR) is 141 cm³/mol. The van der Waals surface area contributed by atoms with Gasteiger partial charge in [-0.05, 0) is 90.3 Å². The molecule has 2 aliphatic rings. The molecule has 1 aromatic carbocycles. The molecular formula is C28H39N3O6. The smallest absolute Gasteiger partial charge is 0.419 e. The van der Waals surface area contributed by atoms with Gasteiger partial charge in [-0.1, -0.05) is 0 Å². The zero-order valence-corrected chi connectivity index (χ0v) is 23.0. The molecule has 1 unspecified atom stereocenters. The summed E-state index contributed by atoms with van der Waals surface area (Å²) in [6.45, 7) is 14.4. The summed E-state index contributed by atoms with van der Waals surface area (Å²) in [7, 11) is 0. The van der Waals surface area contributed by atoms with E-state index in [2.05, 4.69) is 5.32 Å². The summed E-state index contributed by atoms with van der Waals surface area (Å²) in [5.74, 6) is 0.778. The van der Waals surface area contributed by atoms with Gasteiger partial charge < -0.3 is 24.4 Å². The molecule has 1 saturated carbocycles. The van der Waals surface area contributed by atoms with E-state index in [-0.39, 0.29) is 17.4 Å². The van der Waals surface area contributed by atoms with Crippen LogP contribution in [0, 0.1) is 11.3 Å². The highest BCUT2D eigenvalue weighted by Gasteiger charge is 2.56. The van der Waals surface area contributed by atoms with Crippen LogP contribution in [0.25, 0.3) is 10.9 Å². The molecule has 1 saturated heterocycles. The van der Waals surface area contributed by atoms with Crippen LogP contribution in [0.1, 0.15) is 67.7 Å². The third-order valence-electron chi connectivity index (χ3n) is 6.77. The molecule has 2 fully saturated rings. The normalized spacial score (nSPS) is 18.7. The fourth-order valence-corrected chi connectivity index (χ4v) is 4.99. The molecule has 1 N–H and O–H groups in total. The largest absolute Gasteiger partial charge is 0.494 e. The standard InChI is InChI=1S/C28H39N3O6/c1-18(32)29-22-16-31(25(34)37-27(5,6)7)23-9-8-20(14-21(22)23)35-13-10-19-15-30(17-28(19)11-12-28)24(33)36-26(2,3)4/h8-9,14,16,19H,10-13,15,17H2,1-7H3,(H,29,32). The minimum absolute atomic E-state index is 0.188. The minimum Gasteiger partial charge on any atom is -0.494 e. The molecule has 9 heteroatoms. The van der Waals surface area contributed by atoms with Crippen molar-refractivity contribution in [2.24, 2.45) is 11.3 Å². The first kappa shape index (κ1) is 26.8. The number of hydrogen-bond donors (Lipinski definition) is 1. The maximum atomic E-state index is 12.8. The van der Waals surface area contributed by atoms with E-state index in [1.54, 1.807) is 33.0 Å². The van der Waals surface area contributed by atoms with Gasteiger partial charge in [-0.25, -0.2) is 9.59 Å². The van der Waals surface area contributed by atoms with Crippen LogP contribution in [0.15, 0.2) is 24.4 Å². The Kier molecular flexibility index (Phi) is 6.94. The zero-order valence-electron chi connectivity index (χ0n) is 23.0. The number of likely N-dealkylation sites (tertiary alicyclic amines) is 1. The van der Waals surface area contributed by atoms with Crippen molar-refractivity contribution in [1.82, 2.24) is 9.47 Å². The van der Waals surface area contributed by atoms with E-state index in [9.17, 15) is 14.4 Å². The first-order valence-electron chi connectivity index (χ1n) is 12.9. The molecule has 37 heavy (non-hydrogen) atoms. The van der Waals surface area contributed by atoms with Gasteiger partial charge in [-0.3, -0.25) is 9.36 Å². The van der Waals surface area contributed by atoms with Crippen molar-refractivity contribution >= 4 is 34.7 Å². The zero-order chi connectivity index (χ0) is 27.2. The van der Waals surface area contributed by atoms with E-state index >= 15 is 0 Å². The highest BCUT2D eigenvalue weighted by Crippen LogP contribution is 2.57. The summed E-state index contributed by atoms with van der Waals surface area (Å²) in [5.41, 5.74) is 0.161. The lowest BCUT2D eigenvalue weighted by molar-refractivity contribution is -0.114. The number of aromatic nitrogens is 1. The number of ether oxygens (including phenoxy) is 3. The average Bonchev–Trinajstić information content (AvgIpc) is 3.31. The number of anilines is 1. The van der Waals surface area contributed by atoms with Crippen LogP contribution in [0.4, 0.5) is 15.3 Å². The van der Waals surface area contributed by atoms with E-state index < -0.39 is 17.3 Å². The minimum atomic E-state index is -0.650. The van der Waals surface area contributed by atoms with Crippen molar-refractivity contribution in [3.05, 3.63) is 24.4 Å². The van der Waals surface area contributed by atoms with Gasteiger partial charge in [0.1, 0.15) is 17.0 Å². The van der Waals surface area contributed by atoms with Crippen molar-refractivity contribution in [1.29, 1.82) is 0 Å². The number of benzene rings is 1. The number of nitrogens with zero attached hydrogens (tertiary/aromatic N) is 2. The van der Waals surface area contributed by atoms with Crippen molar-refractivity contribution in [3.8, 4) is 5.75 Å². The third kappa shape index (κ3) is 6.37. The molecule has 1 atom stereocenters. The summed E-state index contributed by atoms with van der Waals surface area (Å²) in [6, 6.07) is 5.44. The molecule has 2 aromatic rings. The molecule has 0 radical (unpaired) electrons. The van der Waals surface area contributed by atoms with Gasteiger partial charge >= 0.3 is 12.2 Å². The Morgan fingerprint density at radius 3 is 2.27 bits per heavy atom. The van der Waals surface area contributed by atoms with Gasteiger partial charge in [0, 0.05) is 31.6 Å². The number of rotatable bonds is 5. The molecule has 1 aromatic heterocycles. The monoisotopic (exact) mass is 513 g/mol. The number of hydrogen-bond acceptors (Lipinski definition) is 6. The van der Waals surface area contributed by atoms with Crippen molar-refractivity contribution < 1.29 is 28.6 Å². The number of carbonyl (C=O) groups is 3. The SMILES string of the molecule is CC(=O)Nc1cn(C(=O)OC(C)(C)C)c2ccc(OCCC3CN(C(=O)OC(C)(C)C)CC34CC4)cc12. The number of amides is 2. The summed E-state index contributed by atoms with van der Waals surface area (Å²) in [5, 5.41) is 3.48. The van der Waals surface area contributed by atoms with Crippen molar-refractivity contribution in [2.45, 2.75) is 78.9 Å². The Balaban J connectivity index is 1.44. The maximum absolute atomic E-state index is 12.8. The fourth-order valence-electron chi connectivity index (χ4n) is 4.99. The van der Waals surface area contributed by atoms with E-state index in [1.807, 2.05) is 37.8 Å². The van der Waals surface area contributed by atoms with E-state index in [0.717, 1.165) is 25.8 Å². The van der Waals surface area contributed by atoms with Crippen LogP contribution in [-0.2, 0) is 14.3 Å². The molecule has 2 amide bonds. The van der Waals surface area contributed by atoms with Crippen LogP contribution >= 0.6 is 0 Å². The lowest BCUT2D eigenvalue weighted by Gasteiger charge is -2.24. The Labute approximate surface area is 218 Å². The van der Waals surface area contributed by atoms with E-state index in [4.69, 9.17) is 14.2 Å². The predicted octanol–water partition coefficient (Wildman–Crippen LogP) is 5.80. The number of carbonyl (C=O) groups excluding carboxylic acids is 3. The molecule has 9 nitrogen and oxygen atoms in total. The highest BCUT2D eigenvalue weighted by molar-refractivity contribution is 6.04. The second-order valence-electron chi connectivity index (χ2n) is 12.3. The van der Waals surface area contributed by atoms with Crippen LogP contribution in [-0.4, -0.2) is 58.5 Å². The fraction of sp³-hybridized carbons (Fsp3) is 0.607. The lowest BCUT2D eigenvalue weighted by Crippen LogP contribution is -2.35. The summed E-state index contributed by atoms with van der Waals surface area (Å²) in [6.07, 6.45) is 3.89. The second-order valence-corrected chi connectivity index (χ2v) is 12.3. The molecule has 1 spiro atoms. The van der Waals surface area contributed by atoms with Crippen molar-refractivity contribution in [2.75, 3.05) is 25.0 Å². The highest BCUT2D eigenvalue weighted by atomic mass is 16.6. The summed E-state index contributed by atoms with van der Waals surface area (Å²) in [4.78, 5) is 39.0. The lowest BCUT2D eigenvalue weighted by atomic mass is 9.90. The first-order valence-corrected chi connectivity index (χ1v) is 12.9. The van der Waals surface area contributed by atoms with E-state index in [0.29, 0.717) is 41.4 Å². The molecule has 2 heterocycles. The average molecular weight is 514 g/mol. The van der Waals surface area contributed by atoms with Gasteiger partial charge in [0.05, 0.1) is 17.8 Å². The van der Waals surface area contributed by atoms with E-state index in [1.165, 1.54) is 11.5 Å². The van der Waals surface area contributed by atoms with Gasteiger partial charge in [0.2, 0.25) is 5.91 Å². The molecule has 0 bridgehead atoms. The van der Waals surface area contributed by atoms with Gasteiger partial charge in [0.25, 0.3) is 0 Å². The molecule has 1 aliphatic heterocycles. The molecular weight excluding hydrogens is 474 g/mol. The molecule has 1 aliphatic carbocycles. The molecule has 4 rings (SSSR count). The Morgan fingerprint density at radius 2 is 1.68 bits per heavy atom. The Morgan fingerprint density at radius 1 is 1.03 bits per heavy atom. The summed E-state index contributed by atoms with van der Waals surface area (Å²) < 4.78 is 18.6. The first-order chi connectivity index (χ1) is 17.2. The number of nitrogens with one attached hydrogen (secondary N) is 1. The van der Waals surface area contributed by atoms with Crippen LogP contribution in [0.2, 0.25) is 0 Å². The van der Waals surface area contributed by atoms with Gasteiger partial charge in [0.15, 0.2) is 0 Å². The maximum Gasteiger partial charge on any atom is 0.419 e. The van der Waals surface area contributed by atoms with Crippen LogP contribution < -0.4 is 10.1 Å². The Bertz CT molecular complexity index is 1200. The molecule has 202 valence electrons. The van der Waals surface area contributed by atoms with Gasteiger partial charge in [-0.2, -0.15) is 0 Å². The van der Waals surface area contributed by atoms with Crippen LogP contribution in [0.3, 0.4) is 0 Å².